The Bertz CT molecular complexity index is 1010. The second-order valence-electron chi connectivity index (χ2n) is 8.65. The van der Waals surface area contributed by atoms with Crippen molar-refractivity contribution in [3.63, 3.8) is 0 Å². The molecule has 0 unspecified atom stereocenters. The van der Waals surface area contributed by atoms with E-state index in [-0.39, 0.29) is 6.61 Å². The summed E-state index contributed by atoms with van der Waals surface area (Å²) in [4.78, 5) is 25.0. The van der Waals surface area contributed by atoms with E-state index in [0.717, 1.165) is 0 Å². The number of ether oxygens (including phenoxy) is 2. The third-order valence-corrected chi connectivity index (χ3v) is 18.5. The zero-order valence-corrected chi connectivity index (χ0v) is 21.1. The standard InChI is InChI=1S/C9H11O4.3C6H5.Sn/c1-4-6(10)13-7-8(11)12-5-9(7,2)3;3*1-2-4-6-5-3-1;/h1,4,7H,5H2,2-3H3;3*1-5H;/t7-;;;;/m0..../s1. The molecule has 0 bridgehead atoms. The molecule has 0 N–H and O–H groups in total. The second-order valence-corrected chi connectivity index (χ2v) is 19.2. The van der Waals surface area contributed by atoms with Crippen LogP contribution in [-0.2, 0) is 19.1 Å². The van der Waals surface area contributed by atoms with Gasteiger partial charge in [0.05, 0.1) is 0 Å². The van der Waals surface area contributed by atoms with E-state index in [0.29, 0.717) is 0 Å². The predicted molar refractivity (Wildman–Crippen MR) is 128 cm³/mol. The first-order chi connectivity index (χ1) is 15.4. The molecule has 0 aliphatic carbocycles. The molecule has 4 rings (SSSR count). The average molecular weight is 533 g/mol. The summed E-state index contributed by atoms with van der Waals surface area (Å²) >= 11 is -3.71. The molecule has 3 aromatic rings. The second kappa shape index (κ2) is 9.33. The number of hydrogen-bond acceptors (Lipinski definition) is 4. The molecule has 162 valence electrons. The van der Waals surface area contributed by atoms with Crippen LogP contribution >= 0.6 is 0 Å². The van der Waals surface area contributed by atoms with Crippen molar-refractivity contribution >= 4 is 41.1 Å². The molecular formula is C27H26O4Sn. The molecule has 0 amide bonds. The average Bonchev–Trinajstić information content (AvgIpc) is 3.08. The fraction of sp³-hybridized carbons (Fsp3) is 0.185. The first-order valence-corrected chi connectivity index (χ1v) is 16.6. The van der Waals surface area contributed by atoms with Crippen LogP contribution in [0.2, 0.25) is 0 Å². The SMILES string of the molecule is CC1(C)COC(=O)[C@@H]1OC(=O)/C=[CH]/[Sn]([c]1ccccc1)([c]1ccccc1)[c]1ccccc1. The molecule has 1 heterocycles. The van der Waals surface area contributed by atoms with Crippen LogP contribution in [0.4, 0.5) is 0 Å². The van der Waals surface area contributed by atoms with Gasteiger partial charge < -0.3 is 0 Å². The van der Waals surface area contributed by atoms with Gasteiger partial charge in [-0.1, -0.05) is 0 Å². The molecule has 1 aliphatic heterocycles. The van der Waals surface area contributed by atoms with E-state index in [4.69, 9.17) is 9.47 Å². The van der Waals surface area contributed by atoms with Crippen molar-refractivity contribution < 1.29 is 19.1 Å². The van der Waals surface area contributed by atoms with Gasteiger partial charge in [-0.05, 0) is 0 Å². The van der Waals surface area contributed by atoms with Gasteiger partial charge in [-0.3, -0.25) is 0 Å². The molecule has 5 heteroatoms. The molecule has 0 radical (unpaired) electrons. The molecule has 0 saturated carbocycles. The Balaban J connectivity index is 1.79. The molecule has 1 fully saturated rings. The molecule has 0 aromatic heterocycles. The van der Waals surface area contributed by atoms with Crippen molar-refractivity contribution in [2.24, 2.45) is 5.41 Å². The van der Waals surface area contributed by atoms with Gasteiger partial charge in [0.25, 0.3) is 0 Å². The molecule has 1 atom stereocenters. The van der Waals surface area contributed by atoms with Gasteiger partial charge in [0.2, 0.25) is 0 Å². The molecule has 0 spiro atoms. The van der Waals surface area contributed by atoms with Crippen LogP contribution in [-0.4, -0.2) is 43.0 Å². The van der Waals surface area contributed by atoms with Crippen molar-refractivity contribution in [3.8, 4) is 0 Å². The molecule has 4 nitrogen and oxygen atoms in total. The topological polar surface area (TPSA) is 52.6 Å². The van der Waals surface area contributed by atoms with E-state index in [1.165, 1.54) is 16.8 Å². The van der Waals surface area contributed by atoms with E-state index < -0.39 is 41.8 Å². The summed E-state index contributed by atoms with van der Waals surface area (Å²) in [6, 6.07) is 31.1. The number of rotatable bonds is 6. The summed E-state index contributed by atoms with van der Waals surface area (Å²) in [6.45, 7) is 3.97. The van der Waals surface area contributed by atoms with Crippen LogP contribution in [0.15, 0.2) is 101 Å². The summed E-state index contributed by atoms with van der Waals surface area (Å²) in [6.07, 6.45) is 0.625. The first kappa shape index (κ1) is 22.3. The normalized spacial score (nSPS) is 17.8. The Hall–Kier alpha value is -2.86. The van der Waals surface area contributed by atoms with Crippen molar-refractivity contribution in [3.05, 3.63) is 101 Å². The molecule has 1 saturated heterocycles. The summed E-state index contributed by atoms with van der Waals surface area (Å²) in [5, 5.41) is 0. The quantitative estimate of drug-likeness (QED) is 0.278. The van der Waals surface area contributed by atoms with Gasteiger partial charge >= 0.3 is 193 Å². The Kier molecular flexibility index (Phi) is 6.51. The van der Waals surface area contributed by atoms with Gasteiger partial charge in [0.1, 0.15) is 0 Å². The van der Waals surface area contributed by atoms with Crippen LogP contribution in [0.1, 0.15) is 13.8 Å². The molecule has 3 aromatic carbocycles. The molecule has 32 heavy (non-hydrogen) atoms. The summed E-state index contributed by atoms with van der Waals surface area (Å²) < 4.78 is 16.4. The van der Waals surface area contributed by atoms with Crippen LogP contribution < -0.4 is 10.7 Å². The summed E-state index contributed by atoms with van der Waals surface area (Å²) in [5.41, 5.74) is -0.542. The van der Waals surface area contributed by atoms with Crippen LogP contribution in [0.25, 0.3) is 0 Å². The van der Waals surface area contributed by atoms with E-state index >= 15 is 0 Å². The Morgan fingerprint density at radius 2 is 1.31 bits per heavy atom. The Morgan fingerprint density at radius 3 is 1.69 bits per heavy atom. The molecular weight excluding hydrogens is 507 g/mol. The van der Waals surface area contributed by atoms with Crippen molar-refractivity contribution in [1.29, 1.82) is 0 Å². The number of cyclic esters (lactones) is 1. The number of carbonyl (C=O) groups is 2. The van der Waals surface area contributed by atoms with E-state index in [9.17, 15) is 9.59 Å². The van der Waals surface area contributed by atoms with E-state index in [1.54, 1.807) is 0 Å². The zero-order valence-electron chi connectivity index (χ0n) is 18.2. The fourth-order valence-corrected chi connectivity index (χ4v) is 15.9. The van der Waals surface area contributed by atoms with E-state index in [1.807, 2.05) is 68.4 Å². The summed E-state index contributed by atoms with van der Waals surface area (Å²) in [7, 11) is 0. The van der Waals surface area contributed by atoms with E-state index in [2.05, 4.69) is 40.5 Å². The van der Waals surface area contributed by atoms with Crippen molar-refractivity contribution in [1.82, 2.24) is 0 Å². The maximum atomic E-state index is 12.9. The van der Waals surface area contributed by atoms with Crippen LogP contribution in [0, 0.1) is 5.41 Å². The van der Waals surface area contributed by atoms with Crippen LogP contribution in [0.5, 0.6) is 0 Å². The predicted octanol–water partition coefficient (Wildman–Crippen LogP) is 2.75. The van der Waals surface area contributed by atoms with Gasteiger partial charge in [-0.25, -0.2) is 0 Å². The van der Waals surface area contributed by atoms with Gasteiger partial charge in [0, 0.05) is 0 Å². The number of esters is 2. The minimum absolute atomic E-state index is 0.245. The number of carbonyl (C=O) groups excluding carboxylic acids is 2. The zero-order chi connectivity index (χ0) is 22.6. The summed E-state index contributed by atoms with van der Waals surface area (Å²) in [5.74, 6) is -1.01. The number of hydrogen-bond donors (Lipinski definition) is 0. The third kappa shape index (κ3) is 4.37. The Morgan fingerprint density at radius 1 is 0.875 bits per heavy atom. The fourth-order valence-electron chi connectivity index (χ4n) is 4.18. The first-order valence-electron chi connectivity index (χ1n) is 10.7. The van der Waals surface area contributed by atoms with Crippen LogP contribution in [0.3, 0.4) is 0 Å². The van der Waals surface area contributed by atoms with Crippen molar-refractivity contribution in [2.75, 3.05) is 6.61 Å². The molecule has 1 aliphatic rings. The van der Waals surface area contributed by atoms with Gasteiger partial charge in [0.15, 0.2) is 0 Å². The van der Waals surface area contributed by atoms with Gasteiger partial charge in [-0.2, -0.15) is 0 Å². The minimum atomic E-state index is -3.71. The monoisotopic (exact) mass is 534 g/mol. The third-order valence-electron chi connectivity index (χ3n) is 5.90. The number of benzene rings is 3. The van der Waals surface area contributed by atoms with Gasteiger partial charge in [-0.15, -0.1) is 0 Å². The Labute approximate surface area is 192 Å². The maximum absolute atomic E-state index is 12.9. The van der Waals surface area contributed by atoms with Crippen molar-refractivity contribution in [2.45, 2.75) is 20.0 Å².